The Labute approximate surface area is 207 Å². The average Bonchev–Trinajstić information content (AvgIpc) is 3.24. The van der Waals surface area contributed by atoms with Crippen molar-refractivity contribution in [2.24, 2.45) is 0 Å². The number of amides is 1. The molecule has 11 heteroatoms. The van der Waals surface area contributed by atoms with Crippen LogP contribution in [0.15, 0.2) is 53.1 Å². The number of halogens is 4. The summed E-state index contributed by atoms with van der Waals surface area (Å²) in [5, 5.41) is 12.3. The number of rotatable bonds is 7. The Hall–Kier alpha value is -4.41. The fraction of sp³-hybridized carbons (Fsp3) is 0.192. The highest BCUT2D eigenvalue weighted by atomic mass is 19.4. The molecule has 0 atom stereocenters. The zero-order valence-corrected chi connectivity index (χ0v) is 19.6. The quantitative estimate of drug-likeness (QED) is 0.298. The van der Waals surface area contributed by atoms with Crippen molar-refractivity contribution in [3.8, 4) is 28.3 Å². The fourth-order valence-electron chi connectivity index (χ4n) is 4.01. The lowest BCUT2D eigenvalue weighted by Crippen LogP contribution is -2.18. The van der Waals surface area contributed by atoms with E-state index in [1.807, 2.05) is 0 Å². The van der Waals surface area contributed by atoms with E-state index in [2.05, 4.69) is 10.3 Å². The molecule has 2 aromatic carbocycles. The van der Waals surface area contributed by atoms with Gasteiger partial charge in [-0.25, -0.2) is 14.2 Å². The summed E-state index contributed by atoms with van der Waals surface area (Å²) in [5.74, 6) is -2.43. The molecule has 0 saturated heterocycles. The Balaban J connectivity index is 2.00. The summed E-state index contributed by atoms with van der Waals surface area (Å²) in [6, 6.07) is 9.30. The predicted octanol–water partition coefficient (Wildman–Crippen LogP) is 5.86. The number of carboxylic acid groups (broad SMARTS) is 1. The zero-order chi connectivity index (χ0) is 26.9. The van der Waals surface area contributed by atoms with Gasteiger partial charge in [-0.3, -0.25) is 4.79 Å². The summed E-state index contributed by atoms with van der Waals surface area (Å²) >= 11 is 0. The number of furan rings is 1. The number of hydrogen-bond acceptors (Lipinski definition) is 5. The number of benzene rings is 2. The molecular formula is C26H20F4N2O5. The Bertz CT molecular complexity index is 1490. The third-order valence-electron chi connectivity index (χ3n) is 5.74. The third kappa shape index (κ3) is 5.25. The lowest BCUT2D eigenvalue weighted by Gasteiger charge is -2.13. The molecule has 1 amide bonds. The molecule has 0 aliphatic rings. The molecule has 0 aliphatic heterocycles. The number of alkyl halides is 3. The fourth-order valence-corrected chi connectivity index (χ4v) is 4.01. The molecule has 0 fully saturated rings. The number of fused-ring (bicyclic) bond motifs is 1. The molecule has 0 bridgehead atoms. The van der Waals surface area contributed by atoms with Crippen molar-refractivity contribution in [2.45, 2.75) is 19.0 Å². The molecule has 0 saturated carbocycles. The maximum absolute atomic E-state index is 13.5. The maximum Gasteiger partial charge on any atom is 0.389 e. The van der Waals surface area contributed by atoms with Crippen LogP contribution in [0.3, 0.4) is 0 Å². The molecule has 2 aromatic heterocycles. The van der Waals surface area contributed by atoms with Crippen LogP contribution in [0.1, 0.15) is 32.7 Å². The van der Waals surface area contributed by atoms with Gasteiger partial charge in [0.2, 0.25) is 5.88 Å². The van der Waals surface area contributed by atoms with Crippen molar-refractivity contribution < 1.29 is 41.4 Å². The zero-order valence-electron chi connectivity index (χ0n) is 19.6. The van der Waals surface area contributed by atoms with Crippen LogP contribution < -0.4 is 10.1 Å². The summed E-state index contributed by atoms with van der Waals surface area (Å²) in [6.07, 6.45) is -4.75. The minimum absolute atomic E-state index is 0.0904. The van der Waals surface area contributed by atoms with Gasteiger partial charge in [-0.05, 0) is 60.0 Å². The van der Waals surface area contributed by atoms with Gasteiger partial charge in [0.15, 0.2) is 0 Å². The van der Waals surface area contributed by atoms with E-state index < -0.39 is 36.7 Å². The van der Waals surface area contributed by atoms with Crippen molar-refractivity contribution in [1.82, 2.24) is 10.3 Å². The average molecular weight is 516 g/mol. The van der Waals surface area contributed by atoms with Crippen LogP contribution in [-0.2, 0) is 6.42 Å². The molecular weight excluding hydrogens is 496 g/mol. The number of nitrogens with one attached hydrogen (secondary N) is 1. The lowest BCUT2D eigenvalue weighted by atomic mass is 9.93. The van der Waals surface area contributed by atoms with Gasteiger partial charge in [0.1, 0.15) is 22.7 Å². The van der Waals surface area contributed by atoms with Crippen molar-refractivity contribution in [2.75, 3.05) is 14.2 Å². The number of carboxylic acids is 1. The van der Waals surface area contributed by atoms with Crippen molar-refractivity contribution >= 4 is 22.8 Å². The highest BCUT2D eigenvalue weighted by Crippen LogP contribution is 2.39. The molecule has 0 unspecified atom stereocenters. The van der Waals surface area contributed by atoms with Crippen molar-refractivity contribution in [1.29, 1.82) is 0 Å². The molecule has 0 aliphatic carbocycles. The minimum atomic E-state index is -4.45. The normalized spacial score (nSPS) is 11.5. The van der Waals surface area contributed by atoms with Gasteiger partial charge < -0.3 is 19.6 Å². The second-order valence-electron chi connectivity index (χ2n) is 8.10. The molecule has 4 aromatic rings. The Morgan fingerprint density at radius 2 is 1.81 bits per heavy atom. The first-order valence-corrected chi connectivity index (χ1v) is 10.9. The van der Waals surface area contributed by atoms with Gasteiger partial charge in [-0.2, -0.15) is 13.2 Å². The predicted molar refractivity (Wildman–Crippen MR) is 126 cm³/mol. The van der Waals surface area contributed by atoms with E-state index in [9.17, 15) is 32.3 Å². The molecule has 37 heavy (non-hydrogen) atoms. The molecule has 7 nitrogen and oxygen atoms in total. The van der Waals surface area contributed by atoms with Crippen LogP contribution in [0.4, 0.5) is 17.6 Å². The number of carbonyl (C=O) groups excluding carboxylic acids is 1. The minimum Gasteiger partial charge on any atom is -0.480 e. The van der Waals surface area contributed by atoms with Crippen LogP contribution in [0.5, 0.6) is 5.88 Å². The molecule has 2 heterocycles. The van der Waals surface area contributed by atoms with Crippen molar-refractivity contribution in [3.05, 3.63) is 71.2 Å². The molecule has 0 spiro atoms. The number of aromatic nitrogens is 1. The largest absolute Gasteiger partial charge is 0.480 e. The number of ether oxygens (including phenoxy) is 1. The molecule has 192 valence electrons. The Morgan fingerprint density at radius 1 is 1.11 bits per heavy atom. The van der Waals surface area contributed by atoms with Gasteiger partial charge in [-0.1, -0.05) is 0 Å². The van der Waals surface area contributed by atoms with Crippen LogP contribution in [-0.4, -0.2) is 42.3 Å². The number of aromatic carboxylic acids is 1. The SMILES string of the molecule is CNC(=O)c1c(-c2ccc(F)cc2)oc2cc(CCC(F)(F)F)c(-c3cnc(OC)c(C(=O)O)c3)cc12. The molecule has 0 radical (unpaired) electrons. The Morgan fingerprint density at radius 3 is 2.41 bits per heavy atom. The summed E-state index contributed by atoms with van der Waals surface area (Å²) in [6.45, 7) is 0. The monoisotopic (exact) mass is 516 g/mol. The first-order valence-electron chi connectivity index (χ1n) is 10.9. The lowest BCUT2D eigenvalue weighted by molar-refractivity contribution is -0.133. The first kappa shape index (κ1) is 25.7. The van der Waals surface area contributed by atoms with Gasteiger partial charge in [-0.15, -0.1) is 0 Å². The number of hydrogen-bond donors (Lipinski definition) is 2. The number of nitrogens with zero attached hydrogens (tertiary/aromatic N) is 1. The van der Waals surface area contributed by atoms with Crippen LogP contribution in [0, 0.1) is 5.82 Å². The number of aryl methyl sites for hydroxylation is 1. The van der Waals surface area contributed by atoms with Gasteiger partial charge in [0, 0.05) is 36.2 Å². The van der Waals surface area contributed by atoms with E-state index >= 15 is 0 Å². The first-order chi connectivity index (χ1) is 17.5. The van der Waals surface area contributed by atoms with E-state index in [1.54, 1.807) is 0 Å². The molecule has 4 rings (SSSR count). The van der Waals surface area contributed by atoms with E-state index in [-0.39, 0.29) is 50.4 Å². The van der Waals surface area contributed by atoms with E-state index in [4.69, 9.17) is 9.15 Å². The van der Waals surface area contributed by atoms with Crippen LogP contribution in [0.2, 0.25) is 0 Å². The van der Waals surface area contributed by atoms with Gasteiger partial charge >= 0.3 is 12.1 Å². The second-order valence-corrected chi connectivity index (χ2v) is 8.10. The second kappa shape index (κ2) is 9.92. The highest BCUT2D eigenvalue weighted by molar-refractivity contribution is 6.12. The summed E-state index contributed by atoms with van der Waals surface area (Å²) in [5.41, 5.74) is 0.986. The third-order valence-corrected chi connectivity index (χ3v) is 5.74. The number of carbonyl (C=O) groups is 2. The Kier molecular flexibility index (Phi) is 6.88. The van der Waals surface area contributed by atoms with Crippen molar-refractivity contribution in [3.63, 3.8) is 0 Å². The van der Waals surface area contributed by atoms with Gasteiger partial charge in [0.05, 0.1) is 12.7 Å². The topological polar surface area (TPSA) is 102 Å². The standard InChI is InChI=1S/C26H20F4N2O5/c1-31-23(33)21-18-11-17(15-9-19(25(34)35)24(36-2)32-12-15)14(7-8-26(28,29)30)10-20(18)37-22(21)13-3-5-16(27)6-4-13/h3-6,9-12H,7-8H2,1-2H3,(H,31,33)(H,34,35). The summed E-state index contributed by atoms with van der Waals surface area (Å²) in [4.78, 5) is 28.6. The molecule has 2 N–H and O–H groups in total. The maximum atomic E-state index is 13.5. The van der Waals surface area contributed by atoms with Gasteiger partial charge in [0.25, 0.3) is 5.91 Å². The number of pyridine rings is 1. The summed E-state index contributed by atoms with van der Waals surface area (Å²) < 4.78 is 63.7. The highest BCUT2D eigenvalue weighted by Gasteiger charge is 2.29. The van der Waals surface area contributed by atoms with E-state index in [0.717, 1.165) is 0 Å². The van der Waals surface area contributed by atoms with E-state index in [1.165, 1.54) is 62.8 Å². The van der Waals surface area contributed by atoms with Crippen LogP contribution >= 0.6 is 0 Å². The van der Waals surface area contributed by atoms with Crippen LogP contribution in [0.25, 0.3) is 33.4 Å². The number of methoxy groups -OCH3 is 1. The smallest absolute Gasteiger partial charge is 0.389 e. The summed E-state index contributed by atoms with van der Waals surface area (Å²) in [7, 11) is 2.65. The van der Waals surface area contributed by atoms with E-state index in [0.29, 0.717) is 5.56 Å².